The van der Waals surface area contributed by atoms with Crippen molar-refractivity contribution in [1.29, 1.82) is 0 Å². The molecular weight excluding hydrogens is 380 g/mol. The van der Waals surface area contributed by atoms with Gasteiger partial charge >= 0.3 is 5.97 Å². The molecule has 0 saturated heterocycles. The third-order valence-corrected chi connectivity index (χ3v) is 6.24. The number of thiazole rings is 1. The summed E-state index contributed by atoms with van der Waals surface area (Å²) in [6, 6.07) is 9.25. The maximum atomic E-state index is 12.1. The largest absolute Gasteiger partial charge is 0.455 e. The van der Waals surface area contributed by atoms with Gasteiger partial charge in [-0.25, -0.2) is 23.3 Å². The van der Waals surface area contributed by atoms with Gasteiger partial charge in [-0.05, 0) is 18.4 Å². The van der Waals surface area contributed by atoms with Gasteiger partial charge in [-0.1, -0.05) is 29.8 Å². The highest BCUT2D eigenvalue weighted by molar-refractivity contribution is 7.89. The summed E-state index contributed by atoms with van der Waals surface area (Å²) < 4.78 is 28.1. The molecule has 9 heteroatoms. The smallest absolute Gasteiger partial charge is 0.350 e. The van der Waals surface area contributed by atoms with E-state index in [1.54, 1.807) is 5.38 Å². The van der Waals surface area contributed by atoms with Crippen LogP contribution in [-0.2, 0) is 21.4 Å². The van der Waals surface area contributed by atoms with Crippen LogP contribution < -0.4 is 5.14 Å². The van der Waals surface area contributed by atoms with E-state index in [0.29, 0.717) is 5.69 Å². The van der Waals surface area contributed by atoms with E-state index in [0.717, 1.165) is 27.5 Å². The van der Waals surface area contributed by atoms with Gasteiger partial charge in [0.15, 0.2) is 0 Å². The zero-order valence-corrected chi connectivity index (χ0v) is 15.6. The quantitative estimate of drug-likeness (QED) is 0.670. The predicted octanol–water partition coefficient (Wildman–Crippen LogP) is 3.18. The summed E-state index contributed by atoms with van der Waals surface area (Å²) in [4.78, 5) is 16.3. The van der Waals surface area contributed by atoms with Crippen molar-refractivity contribution in [2.75, 3.05) is 0 Å². The van der Waals surface area contributed by atoms with Crippen LogP contribution in [0.1, 0.15) is 20.9 Å². The highest BCUT2D eigenvalue weighted by Crippen LogP contribution is 2.25. The number of nitrogens with zero attached hydrogens (tertiary/aromatic N) is 1. The maximum Gasteiger partial charge on any atom is 0.350 e. The molecule has 2 N–H and O–H groups in total. The summed E-state index contributed by atoms with van der Waals surface area (Å²) in [5, 5.41) is 9.20. The van der Waals surface area contributed by atoms with Crippen LogP contribution in [0.4, 0.5) is 0 Å². The van der Waals surface area contributed by atoms with E-state index in [-0.39, 0.29) is 16.4 Å². The normalized spacial score (nSPS) is 11.4. The van der Waals surface area contributed by atoms with E-state index in [9.17, 15) is 13.2 Å². The van der Waals surface area contributed by atoms with Crippen LogP contribution in [0.25, 0.3) is 10.6 Å². The van der Waals surface area contributed by atoms with Gasteiger partial charge in [0.25, 0.3) is 0 Å². The number of carbonyl (C=O) groups excluding carboxylic acids is 1. The number of carbonyl (C=O) groups is 1. The number of thiophene rings is 1. The third kappa shape index (κ3) is 4.13. The molecule has 0 unspecified atom stereocenters. The predicted molar refractivity (Wildman–Crippen MR) is 97.1 cm³/mol. The Balaban J connectivity index is 1.70. The molecule has 0 aliphatic rings. The topological polar surface area (TPSA) is 99.3 Å². The minimum Gasteiger partial charge on any atom is -0.455 e. The Kier molecular flexibility index (Phi) is 5.00. The molecule has 0 aliphatic carbocycles. The Morgan fingerprint density at radius 1 is 1.20 bits per heavy atom. The summed E-state index contributed by atoms with van der Waals surface area (Å²) >= 11 is 2.42. The zero-order chi connectivity index (χ0) is 18.0. The maximum absolute atomic E-state index is 12.1. The molecule has 0 spiro atoms. The van der Waals surface area contributed by atoms with Crippen LogP contribution in [0.3, 0.4) is 0 Å². The molecule has 6 nitrogen and oxygen atoms in total. The molecular formula is C16H14N2O4S3. The van der Waals surface area contributed by atoms with E-state index in [4.69, 9.17) is 9.88 Å². The molecule has 0 saturated carbocycles. The number of benzene rings is 1. The Morgan fingerprint density at radius 3 is 2.60 bits per heavy atom. The van der Waals surface area contributed by atoms with Crippen LogP contribution in [-0.4, -0.2) is 19.4 Å². The number of hydrogen-bond donors (Lipinski definition) is 1. The zero-order valence-electron chi connectivity index (χ0n) is 13.1. The lowest BCUT2D eigenvalue weighted by atomic mass is 10.2. The second kappa shape index (κ2) is 7.04. The Labute approximate surface area is 153 Å². The summed E-state index contributed by atoms with van der Waals surface area (Å²) in [7, 11) is -3.96. The lowest BCUT2D eigenvalue weighted by Crippen LogP contribution is -2.15. The van der Waals surface area contributed by atoms with Crippen molar-refractivity contribution in [1.82, 2.24) is 4.98 Å². The first-order chi connectivity index (χ1) is 11.8. The highest BCUT2D eigenvalue weighted by Gasteiger charge is 2.22. The monoisotopic (exact) mass is 394 g/mol. The van der Waals surface area contributed by atoms with Crippen molar-refractivity contribution >= 4 is 38.7 Å². The molecule has 0 fully saturated rings. The first-order valence-corrected chi connectivity index (χ1v) is 10.4. The number of nitrogens with two attached hydrogens (primary N) is 1. The first kappa shape index (κ1) is 17.7. The van der Waals surface area contributed by atoms with Gasteiger partial charge < -0.3 is 4.74 Å². The second-order valence-corrected chi connectivity index (χ2v) is 8.55. The molecule has 0 amide bonds. The molecule has 2 heterocycles. The van der Waals surface area contributed by atoms with Crippen molar-refractivity contribution in [2.24, 2.45) is 5.14 Å². The lowest BCUT2D eigenvalue weighted by molar-refractivity contribution is 0.0470. The summed E-state index contributed by atoms with van der Waals surface area (Å²) in [5.41, 5.74) is 2.75. The summed E-state index contributed by atoms with van der Waals surface area (Å²) in [6.45, 7) is 1.97. The minimum atomic E-state index is -3.96. The molecule has 130 valence electrons. The lowest BCUT2D eigenvalue weighted by Gasteiger charge is -2.03. The molecule has 2 aromatic heterocycles. The van der Waals surface area contributed by atoms with Crippen molar-refractivity contribution in [3.63, 3.8) is 0 Å². The molecule has 0 atom stereocenters. The van der Waals surface area contributed by atoms with Gasteiger partial charge in [-0.15, -0.1) is 22.7 Å². The highest BCUT2D eigenvalue weighted by atomic mass is 32.2. The average molecular weight is 394 g/mol. The van der Waals surface area contributed by atoms with Crippen molar-refractivity contribution < 1.29 is 17.9 Å². The van der Waals surface area contributed by atoms with Crippen molar-refractivity contribution in [2.45, 2.75) is 18.4 Å². The van der Waals surface area contributed by atoms with Gasteiger partial charge in [-0.2, -0.15) is 0 Å². The summed E-state index contributed by atoms with van der Waals surface area (Å²) in [5.74, 6) is -0.732. The molecule has 25 heavy (non-hydrogen) atoms. The number of esters is 1. The number of sulfonamides is 1. The number of aryl methyl sites for hydroxylation is 1. The third-order valence-electron chi connectivity index (χ3n) is 3.32. The first-order valence-electron chi connectivity index (χ1n) is 7.13. The van der Waals surface area contributed by atoms with Crippen LogP contribution in [0, 0.1) is 6.92 Å². The van der Waals surface area contributed by atoms with E-state index >= 15 is 0 Å². The standard InChI is InChI=1S/C16H14N2O4S3/c1-10-2-4-11(5-3-10)15-18-12(9-24-15)8-22-16(19)14-13(6-7-23-14)25(17,20)21/h2-7,9H,8H2,1H3,(H2,17,20,21). The van der Waals surface area contributed by atoms with E-state index < -0.39 is 16.0 Å². The van der Waals surface area contributed by atoms with Crippen molar-refractivity contribution in [3.8, 4) is 10.6 Å². The van der Waals surface area contributed by atoms with E-state index in [1.807, 2.05) is 31.2 Å². The second-order valence-electron chi connectivity index (χ2n) is 5.25. The van der Waals surface area contributed by atoms with E-state index in [1.165, 1.54) is 22.8 Å². The van der Waals surface area contributed by atoms with Crippen LogP contribution in [0.2, 0.25) is 0 Å². The van der Waals surface area contributed by atoms with Gasteiger partial charge in [0.2, 0.25) is 10.0 Å². The average Bonchev–Trinajstić information content (AvgIpc) is 3.22. The fourth-order valence-corrected chi connectivity index (χ4v) is 4.75. The fraction of sp³-hybridized carbons (Fsp3) is 0.125. The molecule has 3 rings (SSSR count). The number of hydrogen-bond acceptors (Lipinski definition) is 7. The van der Waals surface area contributed by atoms with Crippen LogP contribution in [0.5, 0.6) is 0 Å². The Hall–Kier alpha value is -2.07. The van der Waals surface area contributed by atoms with Gasteiger partial charge in [0.05, 0.1) is 5.69 Å². The number of primary sulfonamides is 1. The molecule has 0 bridgehead atoms. The molecule has 3 aromatic rings. The van der Waals surface area contributed by atoms with Gasteiger partial charge in [0.1, 0.15) is 21.4 Å². The van der Waals surface area contributed by atoms with Crippen LogP contribution >= 0.6 is 22.7 Å². The Morgan fingerprint density at radius 2 is 1.92 bits per heavy atom. The molecule has 0 radical (unpaired) electrons. The van der Waals surface area contributed by atoms with Gasteiger partial charge in [-0.3, -0.25) is 0 Å². The van der Waals surface area contributed by atoms with Crippen molar-refractivity contribution in [3.05, 3.63) is 57.2 Å². The molecule has 1 aromatic carbocycles. The number of ether oxygens (including phenoxy) is 1. The Bertz CT molecular complexity index is 1000. The summed E-state index contributed by atoms with van der Waals surface area (Å²) in [6.07, 6.45) is 0. The SMILES string of the molecule is Cc1ccc(-c2nc(COC(=O)c3sccc3S(N)(=O)=O)cs2)cc1. The van der Waals surface area contributed by atoms with E-state index in [2.05, 4.69) is 4.98 Å². The molecule has 0 aliphatic heterocycles. The van der Waals surface area contributed by atoms with Crippen LogP contribution in [0.15, 0.2) is 46.0 Å². The fourth-order valence-electron chi connectivity index (χ4n) is 2.08. The number of aromatic nitrogens is 1. The van der Waals surface area contributed by atoms with Gasteiger partial charge in [0, 0.05) is 10.9 Å². The minimum absolute atomic E-state index is 0.0310. The number of rotatable bonds is 5.